The molecular weight excluding hydrogens is 300 g/mol. The second kappa shape index (κ2) is 6.69. The lowest BCUT2D eigenvalue weighted by Gasteiger charge is -2.06. The molecule has 0 radical (unpaired) electrons. The Balaban J connectivity index is 1.99. The maximum absolute atomic E-state index is 10.9. The molecule has 0 saturated heterocycles. The molecule has 0 aliphatic carbocycles. The minimum absolute atomic E-state index is 0.0223. The van der Waals surface area contributed by atoms with Crippen molar-refractivity contribution in [1.29, 1.82) is 0 Å². The largest absolute Gasteiger partial charge is 0.490 e. The molecule has 0 amide bonds. The van der Waals surface area contributed by atoms with E-state index < -0.39 is 4.92 Å². The van der Waals surface area contributed by atoms with Crippen LogP contribution in [0, 0.1) is 10.1 Å². The third-order valence-electron chi connectivity index (χ3n) is 2.70. The molecule has 1 aromatic carbocycles. The molecule has 0 aliphatic rings. The van der Waals surface area contributed by atoms with Crippen molar-refractivity contribution >= 4 is 28.6 Å². The van der Waals surface area contributed by atoms with E-state index in [9.17, 15) is 10.1 Å². The van der Waals surface area contributed by atoms with Gasteiger partial charge >= 0.3 is 5.69 Å². The number of nitro groups is 1. The van der Waals surface area contributed by atoms with Crippen molar-refractivity contribution < 1.29 is 9.66 Å². The van der Waals surface area contributed by atoms with Gasteiger partial charge in [0, 0.05) is 24.0 Å². The van der Waals surface area contributed by atoms with E-state index >= 15 is 0 Å². The first-order valence-electron chi connectivity index (χ1n) is 5.86. The van der Waals surface area contributed by atoms with Crippen molar-refractivity contribution in [3.63, 3.8) is 0 Å². The first kappa shape index (κ1) is 14.8. The van der Waals surface area contributed by atoms with Gasteiger partial charge in [0.1, 0.15) is 0 Å². The molecule has 0 aliphatic heterocycles. The van der Waals surface area contributed by atoms with E-state index in [1.54, 1.807) is 12.1 Å². The Bertz CT molecular complexity index is 615. The number of thiophene rings is 1. The van der Waals surface area contributed by atoms with Crippen LogP contribution < -0.4 is 10.1 Å². The van der Waals surface area contributed by atoms with Crippen LogP contribution in [0.1, 0.15) is 10.4 Å². The maximum Gasteiger partial charge on any atom is 0.311 e. The van der Waals surface area contributed by atoms with Gasteiger partial charge in [-0.1, -0.05) is 17.7 Å². The number of benzene rings is 1. The van der Waals surface area contributed by atoms with Gasteiger partial charge in [-0.3, -0.25) is 10.1 Å². The van der Waals surface area contributed by atoms with Gasteiger partial charge in [-0.05, 0) is 23.8 Å². The van der Waals surface area contributed by atoms with Crippen LogP contribution in [0.3, 0.4) is 0 Å². The van der Waals surface area contributed by atoms with Crippen LogP contribution in [0.15, 0.2) is 30.3 Å². The van der Waals surface area contributed by atoms with Crippen molar-refractivity contribution in [3.05, 3.63) is 55.2 Å². The molecule has 20 heavy (non-hydrogen) atoms. The number of nitrogens with zero attached hydrogens (tertiary/aromatic N) is 1. The molecule has 0 spiro atoms. The molecule has 106 valence electrons. The Labute approximate surface area is 125 Å². The molecule has 0 atom stereocenters. The topological polar surface area (TPSA) is 64.4 Å². The van der Waals surface area contributed by atoms with Crippen LogP contribution >= 0.6 is 22.9 Å². The molecule has 7 heteroatoms. The Hall–Kier alpha value is -1.63. The summed E-state index contributed by atoms with van der Waals surface area (Å²) in [6.07, 6.45) is 0. The van der Waals surface area contributed by atoms with Crippen LogP contribution in [0.2, 0.25) is 4.34 Å². The zero-order valence-electron chi connectivity index (χ0n) is 10.8. The molecule has 0 unspecified atom stereocenters. The number of methoxy groups -OCH3 is 1. The van der Waals surface area contributed by atoms with E-state index in [1.165, 1.54) is 24.5 Å². The highest BCUT2D eigenvalue weighted by Gasteiger charge is 2.14. The predicted molar refractivity (Wildman–Crippen MR) is 79.5 cm³/mol. The third-order valence-corrected chi connectivity index (χ3v) is 3.93. The van der Waals surface area contributed by atoms with Crippen LogP contribution in [-0.4, -0.2) is 12.0 Å². The summed E-state index contributed by atoms with van der Waals surface area (Å²) in [5.74, 6) is 0.267. The van der Waals surface area contributed by atoms with Gasteiger partial charge in [-0.15, -0.1) is 11.3 Å². The first-order valence-corrected chi connectivity index (χ1v) is 7.06. The summed E-state index contributed by atoms with van der Waals surface area (Å²) < 4.78 is 5.71. The van der Waals surface area contributed by atoms with E-state index in [0.717, 1.165) is 14.8 Å². The van der Waals surface area contributed by atoms with Crippen molar-refractivity contribution in [1.82, 2.24) is 5.32 Å². The maximum atomic E-state index is 10.9. The van der Waals surface area contributed by atoms with Crippen molar-refractivity contribution in [3.8, 4) is 5.75 Å². The fourth-order valence-corrected chi connectivity index (χ4v) is 2.82. The third kappa shape index (κ3) is 3.69. The van der Waals surface area contributed by atoms with Gasteiger partial charge in [0.2, 0.25) is 0 Å². The van der Waals surface area contributed by atoms with Crippen LogP contribution in [0.5, 0.6) is 5.75 Å². The van der Waals surface area contributed by atoms with E-state index in [1.807, 2.05) is 12.1 Å². The van der Waals surface area contributed by atoms with E-state index in [0.29, 0.717) is 13.1 Å². The van der Waals surface area contributed by atoms with Gasteiger partial charge in [0.25, 0.3) is 0 Å². The second-order valence-corrected chi connectivity index (χ2v) is 5.87. The molecule has 1 aromatic heterocycles. The smallest absolute Gasteiger partial charge is 0.311 e. The molecule has 5 nitrogen and oxygen atoms in total. The fourth-order valence-electron chi connectivity index (χ4n) is 1.76. The molecule has 2 aromatic rings. The molecular formula is C13H13ClN2O3S. The molecule has 0 saturated carbocycles. The number of nitro benzene ring substituents is 1. The van der Waals surface area contributed by atoms with Crippen molar-refractivity contribution in [2.45, 2.75) is 13.1 Å². The number of ether oxygens (including phenoxy) is 1. The van der Waals surface area contributed by atoms with Crippen LogP contribution in [0.25, 0.3) is 0 Å². The lowest BCUT2D eigenvalue weighted by Crippen LogP contribution is -2.12. The Morgan fingerprint density at radius 3 is 2.75 bits per heavy atom. The lowest BCUT2D eigenvalue weighted by atomic mass is 10.2. The highest BCUT2D eigenvalue weighted by Crippen LogP contribution is 2.27. The van der Waals surface area contributed by atoms with E-state index in [4.69, 9.17) is 16.3 Å². The highest BCUT2D eigenvalue weighted by atomic mass is 35.5. The Kier molecular flexibility index (Phi) is 4.94. The monoisotopic (exact) mass is 312 g/mol. The Morgan fingerprint density at radius 1 is 1.35 bits per heavy atom. The summed E-state index contributed by atoms with van der Waals surface area (Å²) in [4.78, 5) is 11.6. The van der Waals surface area contributed by atoms with Crippen molar-refractivity contribution in [2.24, 2.45) is 0 Å². The summed E-state index contributed by atoms with van der Waals surface area (Å²) in [6, 6.07) is 8.74. The SMILES string of the molecule is COc1ccc(CNCc2ccc(Cl)s2)cc1[N+](=O)[O-]. The summed E-state index contributed by atoms with van der Waals surface area (Å²) in [5, 5.41) is 14.1. The number of nitrogens with one attached hydrogen (secondary N) is 1. The van der Waals surface area contributed by atoms with Gasteiger partial charge in [0.15, 0.2) is 5.75 Å². The standard InChI is InChI=1S/C13H13ClN2O3S/c1-19-12-4-2-9(6-11(12)16(17)18)7-15-8-10-3-5-13(14)20-10/h2-6,15H,7-8H2,1H3. The lowest BCUT2D eigenvalue weighted by molar-refractivity contribution is -0.385. The summed E-state index contributed by atoms with van der Waals surface area (Å²) in [6.45, 7) is 1.22. The minimum atomic E-state index is -0.443. The number of hydrogen-bond donors (Lipinski definition) is 1. The fraction of sp³-hybridized carbons (Fsp3) is 0.231. The molecule has 2 rings (SSSR count). The zero-order chi connectivity index (χ0) is 14.5. The molecule has 0 fully saturated rings. The summed E-state index contributed by atoms with van der Waals surface area (Å²) in [7, 11) is 1.42. The van der Waals surface area contributed by atoms with E-state index in [-0.39, 0.29) is 11.4 Å². The molecule has 1 N–H and O–H groups in total. The quantitative estimate of drug-likeness (QED) is 0.653. The number of halogens is 1. The number of hydrogen-bond acceptors (Lipinski definition) is 5. The van der Waals surface area contributed by atoms with Gasteiger partial charge in [0.05, 0.1) is 16.4 Å². The average Bonchev–Trinajstić information content (AvgIpc) is 2.84. The molecule has 0 bridgehead atoms. The Morgan fingerprint density at radius 2 is 2.15 bits per heavy atom. The van der Waals surface area contributed by atoms with Crippen LogP contribution in [0.4, 0.5) is 5.69 Å². The predicted octanol–water partition coefficient (Wildman–Crippen LogP) is 3.61. The normalized spacial score (nSPS) is 10.5. The van der Waals surface area contributed by atoms with Gasteiger partial charge in [-0.2, -0.15) is 0 Å². The molecule has 1 heterocycles. The van der Waals surface area contributed by atoms with Gasteiger partial charge in [-0.25, -0.2) is 0 Å². The second-order valence-electron chi connectivity index (χ2n) is 4.07. The van der Waals surface area contributed by atoms with Crippen LogP contribution in [-0.2, 0) is 13.1 Å². The number of rotatable bonds is 6. The zero-order valence-corrected chi connectivity index (χ0v) is 12.3. The average molecular weight is 313 g/mol. The van der Waals surface area contributed by atoms with Gasteiger partial charge < -0.3 is 10.1 Å². The van der Waals surface area contributed by atoms with Crippen molar-refractivity contribution in [2.75, 3.05) is 7.11 Å². The summed E-state index contributed by atoms with van der Waals surface area (Å²) >= 11 is 7.36. The van der Waals surface area contributed by atoms with E-state index in [2.05, 4.69) is 5.32 Å². The first-order chi connectivity index (χ1) is 9.60. The minimum Gasteiger partial charge on any atom is -0.490 e. The highest BCUT2D eigenvalue weighted by molar-refractivity contribution is 7.16. The summed E-state index contributed by atoms with van der Waals surface area (Å²) in [5.41, 5.74) is 0.811.